The first-order valence-electron chi connectivity index (χ1n) is 7.22. The standard InChI is InChI=1S/C17H20N2/c1-3-11-10-19(2)16-9-12(11)8-15-17(16)13-6-4-5-7-14(13)18-15/h3-7,12,16,18H,8-10H2,1-2H3/b11-3+/t12-,16-/m1/s1. The van der Waals surface area contributed by atoms with E-state index in [1.165, 1.54) is 29.4 Å². The molecule has 2 nitrogen and oxygen atoms in total. The van der Waals surface area contributed by atoms with E-state index in [1.807, 2.05) is 0 Å². The van der Waals surface area contributed by atoms with E-state index < -0.39 is 0 Å². The van der Waals surface area contributed by atoms with Crippen molar-refractivity contribution >= 4 is 10.9 Å². The van der Waals surface area contributed by atoms with Crippen LogP contribution in [0.25, 0.3) is 10.9 Å². The van der Waals surface area contributed by atoms with Gasteiger partial charge in [-0.25, -0.2) is 0 Å². The van der Waals surface area contributed by atoms with Gasteiger partial charge in [-0.2, -0.15) is 0 Å². The number of likely N-dealkylation sites (tertiary alicyclic amines) is 1. The van der Waals surface area contributed by atoms with E-state index in [0.29, 0.717) is 6.04 Å². The normalized spacial score (nSPS) is 28.8. The van der Waals surface area contributed by atoms with Gasteiger partial charge in [-0.15, -0.1) is 0 Å². The number of hydrogen-bond donors (Lipinski definition) is 1. The van der Waals surface area contributed by atoms with Crippen LogP contribution in [0.5, 0.6) is 0 Å². The number of para-hydroxylation sites is 1. The molecule has 98 valence electrons. The van der Waals surface area contributed by atoms with E-state index in [2.05, 4.69) is 54.2 Å². The second-order valence-corrected chi connectivity index (χ2v) is 5.99. The summed E-state index contributed by atoms with van der Waals surface area (Å²) in [7, 11) is 2.27. The minimum Gasteiger partial charge on any atom is -0.358 e. The number of nitrogens with zero attached hydrogens (tertiary/aromatic N) is 1. The first kappa shape index (κ1) is 11.3. The second kappa shape index (κ2) is 3.97. The molecule has 2 aromatic rings. The first-order valence-corrected chi connectivity index (χ1v) is 7.22. The fourth-order valence-corrected chi connectivity index (χ4v) is 4.02. The molecular formula is C17H20N2. The third kappa shape index (κ3) is 1.53. The number of benzene rings is 1. The Balaban J connectivity index is 1.92. The molecule has 2 heterocycles. The van der Waals surface area contributed by atoms with E-state index in [1.54, 1.807) is 11.1 Å². The monoisotopic (exact) mass is 252 g/mol. The summed E-state index contributed by atoms with van der Waals surface area (Å²) in [6.07, 6.45) is 4.80. The van der Waals surface area contributed by atoms with Crippen LogP contribution >= 0.6 is 0 Å². The van der Waals surface area contributed by atoms with Gasteiger partial charge < -0.3 is 4.98 Å². The number of piperidine rings is 1. The molecule has 0 saturated carbocycles. The molecule has 2 bridgehead atoms. The van der Waals surface area contributed by atoms with Crippen molar-refractivity contribution in [3.8, 4) is 0 Å². The van der Waals surface area contributed by atoms with Gasteiger partial charge in [-0.1, -0.05) is 29.8 Å². The van der Waals surface area contributed by atoms with Gasteiger partial charge in [0.2, 0.25) is 0 Å². The molecule has 2 aliphatic rings. The molecular weight excluding hydrogens is 232 g/mol. The summed E-state index contributed by atoms with van der Waals surface area (Å²) >= 11 is 0. The third-order valence-corrected chi connectivity index (χ3v) is 4.98. The molecule has 1 aromatic carbocycles. The minimum absolute atomic E-state index is 0.591. The van der Waals surface area contributed by atoms with Crippen LogP contribution in [0.1, 0.15) is 30.6 Å². The molecule has 1 N–H and O–H groups in total. The average molecular weight is 252 g/mol. The van der Waals surface area contributed by atoms with Gasteiger partial charge in [0.15, 0.2) is 0 Å². The molecule has 1 aromatic heterocycles. The molecule has 2 atom stereocenters. The van der Waals surface area contributed by atoms with Crippen molar-refractivity contribution in [3.05, 3.63) is 47.2 Å². The van der Waals surface area contributed by atoms with Crippen molar-refractivity contribution in [2.75, 3.05) is 13.6 Å². The van der Waals surface area contributed by atoms with Crippen LogP contribution in [0.2, 0.25) is 0 Å². The van der Waals surface area contributed by atoms with Crippen molar-refractivity contribution in [3.63, 3.8) is 0 Å². The summed E-state index contributed by atoms with van der Waals surface area (Å²) in [5, 5.41) is 1.43. The van der Waals surface area contributed by atoms with E-state index >= 15 is 0 Å². The number of rotatable bonds is 0. The zero-order chi connectivity index (χ0) is 13.0. The maximum atomic E-state index is 3.66. The summed E-state index contributed by atoms with van der Waals surface area (Å²) in [6, 6.07) is 9.34. The Labute approximate surface area is 114 Å². The third-order valence-electron chi connectivity index (χ3n) is 4.98. The highest BCUT2D eigenvalue weighted by Crippen LogP contribution is 2.46. The first-order chi connectivity index (χ1) is 9.28. The Morgan fingerprint density at radius 1 is 1.32 bits per heavy atom. The zero-order valence-electron chi connectivity index (χ0n) is 11.6. The average Bonchev–Trinajstić information content (AvgIpc) is 2.80. The van der Waals surface area contributed by atoms with Gasteiger partial charge in [-0.05, 0) is 44.4 Å². The molecule has 0 unspecified atom stereocenters. The number of hydrogen-bond acceptors (Lipinski definition) is 1. The van der Waals surface area contributed by atoms with Crippen molar-refractivity contribution in [2.24, 2.45) is 5.92 Å². The van der Waals surface area contributed by atoms with Crippen LogP contribution in [0.15, 0.2) is 35.9 Å². The molecule has 4 rings (SSSR count). The molecule has 1 aliphatic carbocycles. The topological polar surface area (TPSA) is 19.0 Å². The quantitative estimate of drug-likeness (QED) is 0.709. The van der Waals surface area contributed by atoms with E-state index in [0.717, 1.165) is 12.5 Å². The number of H-pyrrole nitrogens is 1. The van der Waals surface area contributed by atoms with Crippen molar-refractivity contribution in [2.45, 2.75) is 25.8 Å². The summed E-state index contributed by atoms with van der Waals surface area (Å²) in [4.78, 5) is 6.17. The van der Waals surface area contributed by atoms with Crippen LogP contribution in [-0.2, 0) is 6.42 Å². The highest BCUT2D eigenvalue weighted by atomic mass is 15.1. The molecule has 1 saturated heterocycles. The summed E-state index contributed by atoms with van der Waals surface area (Å²) in [5.74, 6) is 0.742. The molecule has 0 amide bonds. The van der Waals surface area contributed by atoms with Crippen LogP contribution in [0.4, 0.5) is 0 Å². The highest BCUT2D eigenvalue weighted by molar-refractivity contribution is 5.85. The Hall–Kier alpha value is -1.54. The fraction of sp³-hybridized carbons (Fsp3) is 0.412. The molecule has 19 heavy (non-hydrogen) atoms. The maximum Gasteiger partial charge on any atom is 0.0459 e. The lowest BCUT2D eigenvalue weighted by Gasteiger charge is -2.43. The number of aromatic nitrogens is 1. The number of allylic oxidation sites excluding steroid dienone is 1. The summed E-state index contributed by atoms with van der Waals surface area (Å²) < 4.78 is 0. The van der Waals surface area contributed by atoms with Crippen LogP contribution < -0.4 is 0 Å². The second-order valence-electron chi connectivity index (χ2n) is 5.99. The zero-order valence-corrected chi connectivity index (χ0v) is 11.6. The van der Waals surface area contributed by atoms with Gasteiger partial charge in [0.25, 0.3) is 0 Å². The van der Waals surface area contributed by atoms with Crippen molar-refractivity contribution in [1.82, 2.24) is 9.88 Å². The Bertz CT molecular complexity index is 665. The number of aromatic amines is 1. The summed E-state index contributed by atoms with van der Waals surface area (Å²) in [6.45, 7) is 3.31. The predicted molar refractivity (Wildman–Crippen MR) is 79.2 cm³/mol. The van der Waals surface area contributed by atoms with Crippen LogP contribution in [0.3, 0.4) is 0 Å². The lowest BCUT2D eigenvalue weighted by Crippen LogP contribution is -2.39. The highest BCUT2D eigenvalue weighted by Gasteiger charge is 2.37. The predicted octanol–water partition coefficient (Wildman–Crippen LogP) is 3.66. The number of nitrogens with one attached hydrogen (secondary N) is 1. The van der Waals surface area contributed by atoms with E-state index in [9.17, 15) is 0 Å². The molecule has 1 fully saturated rings. The largest absolute Gasteiger partial charge is 0.358 e. The molecule has 0 radical (unpaired) electrons. The number of fused-ring (bicyclic) bond motifs is 6. The maximum absolute atomic E-state index is 3.66. The van der Waals surface area contributed by atoms with Gasteiger partial charge >= 0.3 is 0 Å². The SMILES string of the molecule is C/C=C1\CN(C)[C@@H]2C[C@H]1Cc1[nH]c3ccccc3c12. The molecule has 2 heteroatoms. The van der Waals surface area contributed by atoms with Crippen LogP contribution in [-0.4, -0.2) is 23.5 Å². The number of likely N-dealkylation sites (N-methyl/N-ethyl adjacent to an activating group) is 1. The summed E-state index contributed by atoms with van der Waals surface area (Å²) in [5.41, 5.74) is 5.94. The van der Waals surface area contributed by atoms with Crippen molar-refractivity contribution < 1.29 is 0 Å². The van der Waals surface area contributed by atoms with Gasteiger partial charge in [0.05, 0.1) is 0 Å². The minimum atomic E-state index is 0.591. The lowest BCUT2D eigenvalue weighted by molar-refractivity contribution is 0.174. The molecule has 1 aliphatic heterocycles. The van der Waals surface area contributed by atoms with E-state index in [-0.39, 0.29) is 0 Å². The van der Waals surface area contributed by atoms with Crippen LogP contribution in [0, 0.1) is 5.92 Å². The van der Waals surface area contributed by atoms with Gasteiger partial charge in [-0.3, -0.25) is 4.90 Å². The Morgan fingerprint density at radius 3 is 3.00 bits per heavy atom. The fourth-order valence-electron chi connectivity index (χ4n) is 4.02. The lowest BCUT2D eigenvalue weighted by atomic mass is 9.75. The van der Waals surface area contributed by atoms with Gasteiger partial charge in [0.1, 0.15) is 0 Å². The van der Waals surface area contributed by atoms with E-state index in [4.69, 9.17) is 0 Å². The Kier molecular flexibility index (Phi) is 2.36. The van der Waals surface area contributed by atoms with Gasteiger partial charge in [0, 0.05) is 29.2 Å². The van der Waals surface area contributed by atoms with Crippen molar-refractivity contribution in [1.29, 1.82) is 0 Å². The Morgan fingerprint density at radius 2 is 2.16 bits per heavy atom. The smallest absolute Gasteiger partial charge is 0.0459 e. The molecule has 0 spiro atoms.